The van der Waals surface area contributed by atoms with Crippen LogP contribution in [0.25, 0.3) is 0 Å². The summed E-state index contributed by atoms with van der Waals surface area (Å²) in [4.78, 5) is 17.1. The van der Waals surface area contributed by atoms with Gasteiger partial charge in [-0.2, -0.15) is 0 Å². The van der Waals surface area contributed by atoms with Crippen molar-refractivity contribution in [3.05, 3.63) is 47.7 Å². The normalized spacial score (nSPS) is 15.0. The summed E-state index contributed by atoms with van der Waals surface area (Å²) < 4.78 is 27.3. The van der Waals surface area contributed by atoms with Crippen LogP contribution in [0, 0.1) is 0 Å². The quantitative estimate of drug-likeness (QED) is 0.859. The summed E-state index contributed by atoms with van der Waals surface area (Å²) >= 11 is 5.85. The Balaban J connectivity index is 1.89. The van der Waals surface area contributed by atoms with Gasteiger partial charge in [-0.25, -0.2) is 13.4 Å². The Morgan fingerprint density at radius 2 is 2.04 bits per heavy atom. The SMILES string of the molecule is O=C1CCCN1c1cccc(NS(=O)(=O)c2cccnc2Cl)c1. The van der Waals surface area contributed by atoms with Crippen LogP contribution in [0.3, 0.4) is 0 Å². The van der Waals surface area contributed by atoms with Crippen molar-refractivity contribution in [3.8, 4) is 0 Å². The van der Waals surface area contributed by atoms with Crippen LogP contribution in [0.15, 0.2) is 47.5 Å². The van der Waals surface area contributed by atoms with E-state index in [2.05, 4.69) is 9.71 Å². The van der Waals surface area contributed by atoms with Crippen LogP contribution in [0.5, 0.6) is 0 Å². The van der Waals surface area contributed by atoms with E-state index in [1.807, 2.05) is 0 Å². The van der Waals surface area contributed by atoms with Gasteiger partial charge in [0, 0.05) is 24.8 Å². The van der Waals surface area contributed by atoms with Gasteiger partial charge in [0.15, 0.2) is 0 Å². The largest absolute Gasteiger partial charge is 0.312 e. The van der Waals surface area contributed by atoms with E-state index in [-0.39, 0.29) is 16.0 Å². The summed E-state index contributed by atoms with van der Waals surface area (Å²) in [7, 11) is -3.85. The number of benzene rings is 1. The van der Waals surface area contributed by atoms with Crippen molar-refractivity contribution in [2.75, 3.05) is 16.2 Å². The molecular weight excluding hydrogens is 338 g/mol. The van der Waals surface area contributed by atoms with Crippen LogP contribution in [0.1, 0.15) is 12.8 Å². The maximum atomic E-state index is 12.4. The Kier molecular flexibility index (Phi) is 4.23. The predicted octanol–water partition coefficient (Wildman–Crippen LogP) is 2.66. The lowest BCUT2D eigenvalue weighted by Crippen LogP contribution is -2.23. The minimum Gasteiger partial charge on any atom is -0.312 e. The molecule has 2 aromatic rings. The second-order valence-corrected chi connectivity index (χ2v) is 7.11. The van der Waals surface area contributed by atoms with Gasteiger partial charge in [-0.15, -0.1) is 0 Å². The summed E-state index contributed by atoms with van der Waals surface area (Å²) in [5.41, 5.74) is 1.03. The summed E-state index contributed by atoms with van der Waals surface area (Å²) in [6, 6.07) is 9.60. The second-order valence-electron chi connectivity index (χ2n) is 5.10. The fourth-order valence-corrected chi connectivity index (χ4v) is 3.94. The molecule has 3 rings (SSSR count). The maximum Gasteiger partial charge on any atom is 0.264 e. The third kappa shape index (κ3) is 3.30. The first-order chi connectivity index (χ1) is 11.0. The second kappa shape index (κ2) is 6.17. The number of anilines is 2. The molecule has 1 amide bonds. The molecule has 8 heteroatoms. The molecule has 23 heavy (non-hydrogen) atoms. The van der Waals surface area contributed by atoms with E-state index in [9.17, 15) is 13.2 Å². The van der Waals surface area contributed by atoms with Crippen molar-refractivity contribution in [1.82, 2.24) is 4.98 Å². The summed E-state index contributed by atoms with van der Waals surface area (Å²) in [5, 5.41) is -0.0918. The smallest absolute Gasteiger partial charge is 0.264 e. The van der Waals surface area contributed by atoms with E-state index in [4.69, 9.17) is 11.6 Å². The van der Waals surface area contributed by atoms with Gasteiger partial charge >= 0.3 is 0 Å². The third-order valence-corrected chi connectivity index (χ3v) is 5.32. The molecule has 120 valence electrons. The number of pyridine rings is 1. The molecule has 0 bridgehead atoms. The number of hydrogen-bond acceptors (Lipinski definition) is 4. The Morgan fingerprint density at radius 3 is 2.74 bits per heavy atom. The number of hydrogen-bond donors (Lipinski definition) is 1. The van der Waals surface area contributed by atoms with Crippen LogP contribution in [0.4, 0.5) is 11.4 Å². The first-order valence-electron chi connectivity index (χ1n) is 7.01. The van der Waals surface area contributed by atoms with Crippen molar-refractivity contribution in [3.63, 3.8) is 0 Å². The van der Waals surface area contributed by atoms with E-state index in [0.29, 0.717) is 24.3 Å². The van der Waals surface area contributed by atoms with Gasteiger partial charge in [-0.05, 0) is 36.8 Å². The van der Waals surface area contributed by atoms with Crippen molar-refractivity contribution in [1.29, 1.82) is 0 Å². The number of carbonyl (C=O) groups is 1. The molecule has 2 heterocycles. The zero-order valence-corrected chi connectivity index (χ0v) is 13.6. The summed E-state index contributed by atoms with van der Waals surface area (Å²) in [5.74, 6) is 0.0420. The van der Waals surface area contributed by atoms with E-state index in [1.54, 1.807) is 29.2 Å². The van der Waals surface area contributed by atoms with Crippen molar-refractivity contribution in [2.24, 2.45) is 0 Å². The van der Waals surface area contributed by atoms with Gasteiger partial charge in [-0.1, -0.05) is 17.7 Å². The Morgan fingerprint density at radius 1 is 1.22 bits per heavy atom. The number of aromatic nitrogens is 1. The van der Waals surface area contributed by atoms with Gasteiger partial charge in [-0.3, -0.25) is 9.52 Å². The molecule has 1 aromatic heterocycles. The van der Waals surface area contributed by atoms with Crippen LogP contribution in [0.2, 0.25) is 5.15 Å². The minimum atomic E-state index is -3.85. The molecule has 1 saturated heterocycles. The zero-order chi connectivity index (χ0) is 16.4. The van der Waals surface area contributed by atoms with Crippen LogP contribution in [-0.2, 0) is 14.8 Å². The van der Waals surface area contributed by atoms with E-state index in [1.165, 1.54) is 18.3 Å². The van der Waals surface area contributed by atoms with Crippen LogP contribution < -0.4 is 9.62 Å². The van der Waals surface area contributed by atoms with Crippen LogP contribution in [-0.4, -0.2) is 25.9 Å². The number of nitrogens with zero attached hydrogens (tertiary/aromatic N) is 2. The van der Waals surface area contributed by atoms with Crippen LogP contribution >= 0.6 is 11.6 Å². The van der Waals surface area contributed by atoms with Crippen molar-refractivity contribution < 1.29 is 13.2 Å². The van der Waals surface area contributed by atoms with Gasteiger partial charge in [0.1, 0.15) is 10.0 Å². The number of sulfonamides is 1. The number of nitrogens with one attached hydrogen (secondary N) is 1. The highest BCUT2D eigenvalue weighted by Gasteiger charge is 2.23. The van der Waals surface area contributed by atoms with E-state index >= 15 is 0 Å². The third-order valence-electron chi connectivity index (χ3n) is 3.50. The molecule has 1 fully saturated rings. The first kappa shape index (κ1) is 15.8. The van der Waals surface area contributed by atoms with E-state index < -0.39 is 10.0 Å². The Hall–Kier alpha value is -2.12. The number of amides is 1. The average Bonchev–Trinajstić information content (AvgIpc) is 2.93. The highest BCUT2D eigenvalue weighted by molar-refractivity contribution is 7.92. The standard InChI is InChI=1S/C15H14ClN3O3S/c16-15-13(6-2-8-17-15)23(21,22)18-11-4-1-5-12(10-11)19-9-3-7-14(19)20/h1-2,4-6,8,10,18H,3,7,9H2. The molecule has 1 aromatic carbocycles. The van der Waals surface area contributed by atoms with E-state index in [0.717, 1.165) is 6.42 Å². The first-order valence-corrected chi connectivity index (χ1v) is 8.87. The highest BCUT2D eigenvalue weighted by Crippen LogP contribution is 2.26. The van der Waals surface area contributed by atoms with Gasteiger partial charge in [0.25, 0.3) is 10.0 Å². The molecule has 0 radical (unpaired) electrons. The average molecular weight is 352 g/mol. The number of carbonyl (C=O) groups excluding carboxylic acids is 1. The number of rotatable bonds is 4. The molecule has 0 aliphatic carbocycles. The molecule has 0 atom stereocenters. The zero-order valence-electron chi connectivity index (χ0n) is 12.1. The fraction of sp³-hybridized carbons (Fsp3) is 0.200. The predicted molar refractivity (Wildman–Crippen MR) is 88.1 cm³/mol. The minimum absolute atomic E-state index is 0.0420. The Bertz CT molecular complexity index is 855. The van der Waals surface area contributed by atoms with Crippen molar-refractivity contribution in [2.45, 2.75) is 17.7 Å². The Labute approximate surface area is 139 Å². The lowest BCUT2D eigenvalue weighted by Gasteiger charge is -2.17. The molecule has 0 spiro atoms. The summed E-state index contributed by atoms with van der Waals surface area (Å²) in [6.07, 6.45) is 2.74. The highest BCUT2D eigenvalue weighted by atomic mass is 35.5. The van der Waals surface area contributed by atoms with Gasteiger partial charge in [0.2, 0.25) is 5.91 Å². The molecular formula is C15H14ClN3O3S. The molecule has 1 aliphatic heterocycles. The molecule has 1 N–H and O–H groups in total. The fourth-order valence-electron chi connectivity index (χ4n) is 2.44. The monoisotopic (exact) mass is 351 g/mol. The van der Waals surface area contributed by atoms with Gasteiger partial charge < -0.3 is 4.90 Å². The van der Waals surface area contributed by atoms with Gasteiger partial charge in [0.05, 0.1) is 5.69 Å². The molecule has 0 saturated carbocycles. The van der Waals surface area contributed by atoms with Crippen molar-refractivity contribution >= 4 is 38.9 Å². The maximum absolute atomic E-state index is 12.4. The number of halogens is 1. The molecule has 6 nitrogen and oxygen atoms in total. The lowest BCUT2D eigenvalue weighted by molar-refractivity contribution is -0.117. The summed E-state index contributed by atoms with van der Waals surface area (Å²) in [6.45, 7) is 0.642. The lowest BCUT2D eigenvalue weighted by atomic mass is 10.2. The topological polar surface area (TPSA) is 79.4 Å². The molecule has 0 unspecified atom stereocenters. The molecule has 1 aliphatic rings.